The van der Waals surface area contributed by atoms with Crippen LogP contribution < -0.4 is 5.56 Å². The fourth-order valence-corrected chi connectivity index (χ4v) is 5.51. The van der Waals surface area contributed by atoms with E-state index in [9.17, 15) is 22.7 Å². The molecule has 8 nitrogen and oxygen atoms in total. The van der Waals surface area contributed by atoms with E-state index in [1.807, 2.05) is 37.3 Å². The van der Waals surface area contributed by atoms with Crippen LogP contribution in [-0.4, -0.2) is 34.7 Å². The standard InChI is InChI=1S/C27H26FN3O5S/c1-3-23(19-8-6-5-7-9-19)31-24(17-36-4-2)30-26(32)25(27(31)33)37(34,35)22-12-10-18(11-13-22)20-14-21(28)16-29-15-20/h5-16,23,33H,3-4,17H2,1-2H3. The van der Waals surface area contributed by atoms with E-state index < -0.39 is 38.0 Å². The Morgan fingerprint density at radius 3 is 2.35 bits per heavy atom. The van der Waals surface area contributed by atoms with Crippen molar-refractivity contribution in [3.8, 4) is 17.0 Å². The summed E-state index contributed by atoms with van der Waals surface area (Å²) >= 11 is 0. The molecular formula is C27H26FN3O5S. The van der Waals surface area contributed by atoms with Crippen LogP contribution in [0.2, 0.25) is 0 Å². The van der Waals surface area contributed by atoms with Gasteiger partial charge in [-0.05, 0) is 42.7 Å². The lowest BCUT2D eigenvalue weighted by atomic mass is 10.0. The number of nitrogens with zero attached hydrogens (tertiary/aromatic N) is 3. The number of hydrogen-bond acceptors (Lipinski definition) is 7. The molecule has 0 aliphatic heterocycles. The SMILES string of the molecule is CCOCc1nc(=O)c(S(=O)(=O)c2ccc(-c3cncc(F)c3)cc2)c(O)n1C(CC)c1ccccc1. The van der Waals surface area contributed by atoms with Gasteiger partial charge >= 0.3 is 0 Å². The van der Waals surface area contributed by atoms with Crippen molar-refractivity contribution in [3.63, 3.8) is 0 Å². The Bertz CT molecular complexity index is 1560. The highest BCUT2D eigenvalue weighted by Gasteiger charge is 2.32. The van der Waals surface area contributed by atoms with Gasteiger partial charge in [0.05, 0.1) is 17.1 Å². The summed E-state index contributed by atoms with van der Waals surface area (Å²) < 4.78 is 47.5. The van der Waals surface area contributed by atoms with E-state index in [1.54, 1.807) is 6.92 Å². The molecule has 0 radical (unpaired) electrons. The first-order valence-corrected chi connectivity index (χ1v) is 13.2. The summed E-state index contributed by atoms with van der Waals surface area (Å²) in [6, 6.07) is 15.5. The Morgan fingerprint density at radius 2 is 1.73 bits per heavy atom. The van der Waals surface area contributed by atoms with Crippen molar-refractivity contribution in [2.24, 2.45) is 0 Å². The van der Waals surface area contributed by atoms with E-state index in [0.717, 1.165) is 11.8 Å². The van der Waals surface area contributed by atoms with Crippen LogP contribution in [0.5, 0.6) is 5.88 Å². The number of hydrogen-bond donors (Lipinski definition) is 1. The molecule has 0 fully saturated rings. The Morgan fingerprint density at radius 1 is 1.03 bits per heavy atom. The van der Waals surface area contributed by atoms with Gasteiger partial charge in [0.2, 0.25) is 15.7 Å². The molecule has 2 aromatic heterocycles. The van der Waals surface area contributed by atoms with Crippen molar-refractivity contribution >= 4 is 9.84 Å². The third kappa shape index (κ3) is 5.30. The van der Waals surface area contributed by atoms with Gasteiger partial charge in [-0.1, -0.05) is 49.4 Å². The van der Waals surface area contributed by atoms with E-state index in [0.29, 0.717) is 24.2 Å². The van der Waals surface area contributed by atoms with Gasteiger partial charge in [-0.25, -0.2) is 12.8 Å². The van der Waals surface area contributed by atoms with Crippen LogP contribution in [0, 0.1) is 5.82 Å². The summed E-state index contributed by atoms with van der Waals surface area (Å²) in [6.07, 6.45) is 3.00. The van der Waals surface area contributed by atoms with Gasteiger partial charge in [0.1, 0.15) is 18.2 Å². The Kier molecular flexibility index (Phi) is 7.80. The summed E-state index contributed by atoms with van der Waals surface area (Å²) in [5, 5.41) is 11.3. The lowest BCUT2D eigenvalue weighted by molar-refractivity contribution is 0.121. The van der Waals surface area contributed by atoms with Gasteiger partial charge in [0, 0.05) is 18.4 Å². The normalized spacial score (nSPS) is 12.4. The predicted octanol–water partition coefficient (Wildman–Crippen LogP) is 4.52. The first-order valence-electron chi connectivity index (χ1n) is 11.7. The van der Waals surface area contributed by atoms with Crippen molar-refractivity contribution in [2.75, 3.05) is 6.61 Å². The van der Waals surface area contributed by atoms with Gasteiger partial charge in [-0.15, -0.1) is 0 Å². The molecule has 192 valence electrons. The van der Waals surface area contributed by atoms with E-state index >= 15 is 0 Å². The van der Waals surface area contributed by atoms with Gasteiger partial charge in [0.25, 0.3) is 5.56 Å². The van der Waals surface area contributed by atoms with E-state index in [4.69, 9.17) is 4.74 Å². The predicted molar refractivity (Wildman–Crippen MR) is 135 cm³/mol. The molecule has 0 amide bonds. The zero-order valence-electron chi connectivity index (χ0n) is 20.3. The van der Waals surface area contributed by atoms with Crippen molar-refractivity contribution < 1.29 is 22.7 Å². The third-order valence-corrected chi connectivity index (χ3v) is 7.71. The molecular weight excluding hydrogens is 497 g/mol. The summed E-state index contributed by atoms with van der Waals surface area (Å²) in [6.45, 7) is 3.92. The summed E-state index contributed by atoms with van der Waals surface area (Å²) in [4.78, 5) is 19.8. The number of halogens is 1. The summed E-state index contributed by atoms with van der Waals surface area (Å²) in [5.41, 5.74) is 0.724. The molecule has 0 aliphatic carbocycles. The second-order valence-corrected chi connectivity index (χ2v) is 10.1. The first kappa shape index (κ1) is 26.2. The summed E-state index contributed by atoms with van der Waals surface area (Å²) in [7, 11) is -4.47. The summed E-state index contributed by atoms with van der Waals surface area (Å²) in [5.74, 6) is -1.11. The zero-order valence-corrected chi connectivity index (χ0v) is 21.2. The molecule has 0 spiro atoms. The van der Waals surface area contributed by atoms with Crippen molar-refractivity contribution in [2.45, 2.75) is 42.7 Å². The molecule has 37 heavy (non-hydrogen) atoms. The van der Waals surface area contributed by atoms with Crippen molar-refractivity contribution in [3.05, 3.63) is 101 Å². The number of sulfone groups is 1. The number of pyridine rings is 1. The minimum absolute atomic E-state index is 0.0840. The molecule has 0 saturated heterocycles. The molecule has 10 heteroatoms. The Balaban J connectivity index is 1.85. The minimum atomic E-state index is -4.47. The molecule has 2 aromatic carbocycles. The number of benzene rings is 2. The monoisotopic (exact) mass is 523 g/mol. The average Bonchev–Trinajstić information content (AvgIpc) is 2.89. The van der Waals surface area contributed by atoms with Crippen molar-refractivity contribution in [1.29, 1.82) is 0 Å². The average molecular weight is 524 g/mol. The largest absolute Gasteiger partial charge is 0.493 e. The molecule has 4 rings (SSSR count). The zero-order chi connectivity index (χ0) is 26.6. The van der Waals surface area contributed by atoms with Crippen LogP contribution in [0.1, 0.15) is 37.7 Å². The van der Waals surface area contributed by atoms with E-state index in [1.165, 1.54) is 41.1 Å². The number of aromatic hydroxyl groups is 1. The third-order valence-electron chi connectivity index (χ3n) is 5.92. The topological polar surface area (TPSA) is 111 Å². The van der Waals surface area contributed by atoms with Crippen LogP contribution in [0.3, 0.4) is 0 Å². The molecule has 0 bridgehead atoms. The fourth-order valence-electron chi connectivity index (χ4n) is 4.16. The highest BCUT2D eigenvalue weighted by Crippen LogP contribution is 2.33. The van der Waals surface area contributed by atoms with Crippen molar-refractivity contribution in [1.82, 2.24) is 14.5 Å². The van der Waals surface area contributed by atoms with E-state index in [2.05, 4.69) is 9.97 Å². The molecule has 4 aromatic rings. The van der Waals surface area contributed by atoms with Crippen LogP contribution in [-0.2, 0) is 21.2 Å². The lowest BCUT2D eigenvalue weighted by Crippen LogP contribution is -2.28. The smallest absolute Gasteiger partial charge is 0.296 e. The maximum Gasteiger partial charge on any atom is 0.296 e. The maximum absolute atomic E-state index is 13.6. The minimum Gasteiger partial charge on any atom is -0.493 e. The molecule has 1 unspecified atom stereocenters. The Labute approximate surface area is 214 Å². The quantitative estimate of drug-likeness (QED) is 0.343. The first-order chi connectivity index (χ1) is 17.8. The van der Waals surface area contributed by atoms with Crippen LogP contribution >= 0.6 is 0 Å². The molecule has 0 aliphatic rings. The van der Waals surface area contributed by atoms with Gasteiger partial charge in [-0.3, -0.25) is 14.3 Å². The van der Waals surface area contributed by atoms with Crippen LogP contribution in [0.25, 0.3) is 11.1 Å². The van der Waals surface area contributed by atoms with Crippen LogP contribution in [0.15, 0.2) is 87.6 Å². The molecule has 2 heterocycles. The fraction of sp³-hybridized carbons (Fsp3) is 0.222. The second kappa shape index (κ2) is 11.0. The second-order valence-electron chi connectivity index (χ2n) is 8.25. The number of ether oxygens (including phenoxy) is 1. The van der Waals surface area contributed by atoms with Gasteiger partial charge < -0.3 is 9.84 Å². The number of aromatic nitrogens is 3. The van der Waals surface area contributed by atoms with Gasteiger partial charge in [0.15, 0.2) is 4.90 Å². The highest BCUT2D eigenvalue weighted by molar-refractivity contribution is 7.91. The van der Waals surface area contributed by atoms with Gasteiger partial charge in [-0.2, -0.15) is 4.98 Å². The van der Waals surface area contributed by atoms with E-state index in [-0.39, 0.29) is 17.3 Å². The molecule has 1 atom stereocenters. The lowest BCUT2D eigenvalue weighted by Gasteiger charge is -2.25. The molecule has 1 N–H and O–H groups in total. The Hall–Kier alpha value is -3.89. The maximum atomic E-state index is 13.6. The molecule has 0 saturated carbocycles. The van der Waals surface area contributed by atoms with Crippen LogP contribution in [0.4, 0.5) is 4.39 Å². The highest BCUT2D eigenvalue weighted by atomic mass is 32.2. The number of rotatable bonds is 9.